The minimum atomic E-state index is -2.15. The molecule has 54 heavy (non-hydrogen) atoms. The number of alkyl halides is 1. The Morgan fingerprint density at radius 2 is 1.72 bits per heavy atom. The summed E-state index contributed by atoms with van der Waals surface area (Å²) < 4.78 is 17.5. The number of aliphatic carboxylic acids is 1. The van der Waals surface area contributed by atoms with Crippen molar-refractivity contribution in [2.24, 2.45) is 34.5 Å². The number of allylic oxidation sites excluding steroid dienone is 4. The van der Waals surface area contributed by atoms with E-state index < -0.39 is 94.8 Å². The summed E-state index contributed by atoms with van der Waals surface area (Å²) in [5.74, 6) is -5.77. The van der Waals surface area contributed by atoms with Crippen LogP contribution >= 0.6 is 0 Å². The van der Waals surface area contributed by atoms with Crippen LogP contribution in [0.3, 0.4) is 0 Å². The number of hydrogen-bond acceptors (Lipinski definition) is 8. The molecule has 9 atom stereocenters. The third kappa shape index (κ3) is 7.10. The number of carboxylic acids is 1. The second kappa shape index (κ2) is 15.4. The number of carbonyl (C=O) groups excluding carboxylic acids is 5. The van der Waals surface area contributed by atoms with Gasteiger partial charge in [0, 0.05) is 29.7 Å². The first-order valence-corrected chi connectivity index (χ1v) is 18.8. The number of imide groups is 1. The van der Waals surface area contributed by atoms with Gasteiger partial charge in [-0.15, -0.1) is 0 Å². The SMILES string of the molecule is CC(C)CCN(C(=O)NCC(=O)O)C(=O)C(Cc1ccccc1)NC(=O)CNC(=O)[C@@]1(O)[C@H](C)CC2C3CCC4=CC(=O)C=C[C@]4(C)[C@@]3(F)[C@@H](O)C[C@@]21C. The van der Waals surface area contributed by atoms with Crippen molar-refractivity contribution in [3.05, 3.63) is 59.7 Å². The van der Waals surface area contributed by atoms with Crippen LogP contribution in [-0.4, -0.2) is 98.8 Å². The average molecular weight is 753 g/mol. The van der Waals surface area contributed by atoms with Crippen LogP contribution < -0.4 is 16.0 Å². The number of halogens is 1. The van der Waals surface area contributed by atoms with Gasteiger partial charge in [-0.1, -0.05) is 69.7 Å². The molecule has 5 rings (SSSR count). The lowest BCUT2D eigenvalue weighted by atomic mass is 9.44. The minimum Gasteiger partial charge on any atom is -0.480 e. The van der Waals surface area contributed by atoms with Crippen LogP contribution in [0.1, 0.15) is 72.3 Å². The van der Waals surface area contributed by atoms with Crippen molar-refractivity contribution in [2.75, 3.05) is 19.6 Å². The van der Waals surface area contributed by atoms with Crippen molar-refractivity contribution in [2.45, 2.75) is 96.6 Å². The van der Waals surface area contributed by atoms with Gasteiger partial charge in [0.25, 0.3) is 11.8 Å². The quantitative estimate of drug-likeness (QED) is 0.186. The highest BCUT2D eigenvalue weighted by Gasteiger charge is 2.75. The van der Waals surface area contributed by atoms with Crippen LogP contribution in [0.4, 0.5) is 9.18 Å². The molecule has 0 radical (unpaired) electrons. The van der Waals surface area contributed by atoms with Crippen molar-refractivity contribution in [3.63, 3.8) is 0 Å². The van der Waals surface area contributed by atoms with Crippen molar-refractivity contribution >= 4 is 35.5 Å². The van der Waals surface area contributed by atoms with Gasteiger partial charge in [0.1, 0.15) is 12.6 Å². The summed E-state index contributed by atoms with van der Waals surface area (Å²) in [4.78, 5) is 78.7. The van der Waals surface area contributed by atoms with Crippen LogP contribution in [0.15, 0.2) is 54.1 Å². The lowest BCUT2D eigenvalue weighted by molar-refractivity contribution is -0.219. The monoisotopic (exact) mass is 752 g/mol. The highest BCUT2D eigenvalue weighted by atomic mass is 19.1. The van der Waals surface area contributed by atoms with E-state index in [1.807, 2.05) is 13.8 Å². The second-order valence-electron chi connectivity index (χ2n) is 16.4. The first-order chi connectivity index (χ1) is 25.3. The van der Waals surface area contributed by atoms with Gasteiger partial charge in [0.05, 0.1) is 12.6 Å². The molecule has 3 fully saturated rings. The zero-order valence-electron chi connectivity index (χ0n) is 31.6. The summed E-state index contributed by atoms with van der Waals surface area (Å²) >= 11 is 0. The molecule has 0 heterocycles. The predicted octanol–water partition coefficient (Wildman–Crippen LogP) is 2.85. The number of aliphatic hydroxyl groups is 2. The Hall–Kier alpha value is -4.43. The number of fused-ring (bicyclic) bond motifs is 5. The van der Waals surface area contributed by atoms with Gasteiger partial charge in [-0.05, 0) is 74.5 Å². The molecule has 0 spiro atoms. The third-order valence-electron chi connectivity index (χ3n) is 12.7. The van der Waals surface area contributed by atoms with Crippen molar-refractivity contribution in [1.82, 2.24) is 20.9 Å². The normalized spacial score (nSPS) is 33.1. The molecule has 0 aliphatic heterocycles. The van der Waals surface area contributed by atoms with E-state index >= 15 is 4.39 Å². The number of carboxylic acid groups (broad SMARTS) is 1. The number of nitrogens with zero attached hydrogens (tertiary/aromatic N) is 1. The van der Waals surface area contributed by atoms with Crippen LogP contribution in [-0.2, 0) is 30.4 Å². The number of amides is 5. The molecule has 1 aromatic rings. The molecule has 294 valence electrons. The Kier molecular flexibility index (Phi) is 11.6. The largest absolute Gasteiger partial charge is 0.480 e. The number of benzene rings is 1. The molecule has 4 aliphatic rings. The molecule has 1 aromatic carbocycles. The van der Waals surface area contributed by atoms with Gasteiger partial charge in [-0.25, -0.2) is 9.18 Å². The molecule has 3 saturated carbocycles. The Morgan fingerprint density at radius 1 is 1.04 bits per heavy atom. The number of urea groups is 1. The zero-order chi connectivity index (χ0) is 39.8. The number of nitrogens with one attached hydrogen (secondary N) is 3. The van der Waals surface area contributed by atoms with E-state index in [0.717, 1.165) is 4.90 Å². The summed E-state index contributed by atoms with van der Waals surface area (Å²) in [6, 6.07) is 6.54. The van der Waals surface area contributed by atoms with Gasteiger partial charge >= 0.3 is 12.0 Å². The molecule has 4 aliphatic carbocycles. The lowest BCUT2D eigenvalue weighted by Crippen LogP contribution is -2.70. The second-order valence-corrected chi connectivity index (χ2v) is 16.4. The summed E-state index contributed by atoms with van der Waals surface area (Å²) in [5.41, 5.74) is -5.46. The smallest absolute Gasteiger partial charge is 0.324 e. The molecular formula is C40H53FN4O9. The summed E-state index contributed by atoms with van der Waals surface area (Å²) in [5, 5.41) is 40.4. The van der Waals surface area contributed by atoms with Crippen molar-refractivity contribution in [1.29, 1.82) is 0 Å². The van der Waals surface area contributed by atoms with E-state index in [1.165, 1.54) is 12.2 Å². The van der Waals surface area contributed by atoms with Gasteiger partial charge < -0.3 is 31.3 Å². The van der Waals surface area contributed by atoms with Crippen LogP contribution in [0.25, 0.3) is 0 Å². The fourth-order valence-corrected chi connectivity index (χ4v) is 9.75. The Morgan fingerprint density at radius 3 is 2.37 bits per heavy atom. The summed E-state index contributed by atoms with van der Waals surface area (Å²) in [6.07, 6.45) is 3.94. The summed E-state index contributed by atoms with van der Waals surface area (Å²) in [6.45, 7) is 7.47. The maximum atomic E-state index is 17.5. The van der Waals surface area contributed by atoms with Gasteiger partial charge in [0.2, 0.25) is 5.91 Å². The van der Waals surface area contributed by atoms with Gasteiger partial charge in [-0.2, -0.15) is 0 Å². The number of aliphatic hydroxyl groups excluding tert-OH is 1. The highest BCUT2D eigenvalue weighted by molar-refractivity contribution is 6.01. The van der Waals surface area contributed by atoms with Crippen LogP contribution in [0.2, 0.25) is 0 Å². The van der Waals surface area contributed by atoms with Gasteiger partial charge in [0.15, 0.2) is 17.1 Å². The predicted molar refractivity (Wildman–Crippen MR) is 195 cm³/mol. The summed E-state index contributed by atoms with van der Waals surface area (Å²) in [7, 11) is 0. The third-order valence-corrected chi connectivity index (χ3v) is 12.7. The van der Waals surface area contributed by atoms with Crippen molar-refractivity contribution < 1.29 is 48.5 Å². The molecular weight excluding hydrogens is 699 g/mol. The topological polar surface area (TPSA) is 202 Å². The number of carbonyl (C=O) groups is 6. The van der Waals surface area contributed by atoms with E-state index in [0.29, 0.717) is 30.4 Å². The van der Waals surface area contributed by atoms with E-state index in [1.54, 1.807) is 57.2 Å². The maximum absolute atomic E-state index is 17.5. The molecule has 5 amide bonds. The average Bonchev–Trinajstić information content (AvgIpc) is 3.31. The fraction of sp³-hybridized carbons (Fsp3) is 0.600. The highest BCUT2D eigenvalue weighted by Crippen LogP contribution is 2.70. The van der Waals surface area contributed by atoms with E-state index in [4.69, 9.17) is 5.11 Å². The van der Waals surface area contributed by atoms with Crippen LogP contribution in [0.5, 0.6) is 0 Å². The van der Waals surface area contributed by atoms with Gasteiger partial charge in [-0.3, -0.25) is 28.9 Å². The van der Waals surface area contributed by atoms with E-state index in [9.17, 15) is 39.0 Å². The number of hydrogen-bond donors (Lipinski definition) is 6. The molecule has 13 nitrogen and oxygen atoms in total. The Labute approximate surface area is 314 Å². The molecule has 6 N–H and O–H groups in total. The zero-order valence-corrected chi connectivity index (χ0v) is 31.6. The van der Waals surface area contributed by atoms with E-state index in [2.05, 4.69) is 16.0 Å². The first-order valence-electron chi connectivity index (χ1n) is 18.8. The lowest BCUT2D eigenvalue weighted by Gasteiger charge is -2.62. The molecule has 0 aromatic heterocycles. The molecule has 3 unspecified atom stereocenters. The fourth-order valence-electron chi connectivity index (χ4n) is 9.75. The number of rotatable bonds is 12. The van der Waals surface area contributed by atoms with Crippen molar-refractivity contribution in [3.8, 4) is 0 Å². The minimum absolute atomic E-state index is 0.0199. The first kappa shape index (κ1) is 40.7. The number of ketones is 1. The maximum Gasteiger partial charge on any atom is 0.324 e. The van der Waals surface area contributed by atoms with E-state index in [-0.39, 0.29) is 37.5 Å². The Bertz CT molecular complexity index is 1730. The molecule has 14 heteroatoms. The molecule has 0 bridgehead atoms. The molecule has 0 saturated heterocycles. The Balaban J connectivity index is 1.33. The standard InChI is InChI=1S/C40H53FN4O9/c1-23(2)14-16-45(36(53)43-22-33(49)50)34(51)30(18-25-9-7-6-8-10-25)44-32(48)21-42-35(52)40(54)24(3)17-29-28-12-11-26-19-27(46)13-15-37(26,4)39(28,41)31(47)20-38(29,40)5/h6-10,13,15,19,23-24,28-31,47,54H,11-12,14,16-18,20-22H2,1-5H3,(H,42,52)(H,43,53)(H,44,48)(H,49,50)/t24-,28?,29?,30?,31+,37+,38+,39+,40+/m1/s1. The van der Waals surface area contributed by atoms with Crippen LogP contribution in [0, 0.1) is 34.5 Å².